The minimum atomic E-state index is -0.0136. The van der Waals surface area contributed by atoms with Gasteiger partial charge in [0, 0.05) is 31.5 Å². The fraction of sp³-hybridized carbons (Fsp3) is 0.438. The number of hydrogen-bond acceptors (Lipinski definition) is 5. The second-order valence-electron chi connectivity index (χ2n) is 5.37. The third kappa shape index (κ3) is 3.27. The first-order valence-corrected chi connectivity index (χ1v) is 7.59. The Morgan fingerprint density at radius 3 is 3.18 bits per heavy atom. The summed E-state index contributed by atoms with van der Waals surface area (Å²) in [6, 6.07) is 3.61. The maximum Gasteiger partial charge on any atom is 0.246 e. The zero-order valence-corrected chi connectivity index (χ0v) is 12.6. The molecule has 2 aromatic heterocycles. The van der Waals surface area contributed by atoms with Crippen molar-refractivity contribution in [1.29, 1.82) is 0 Å². The number of likely N-dealkylation sites (tertiary alicyclic amines) is 1. The number of aryl methyl sites for hydroxylation is 1. The Labute approximate surface area is 128 Å². The molecule has 0 N–H and O–H groups in total. The highest BCUT2D eigenvalue weighted by Gasteiger charge is 2.27. The molecule has 0 unspecified atom stereocenters. The van der Waals surface area contributed by atoms with Gasteiger partial charge in [-0.25, -0.2) is 0 Å². The second kappa shape index (κ2) is 6.60. The quantitative estimate of drug-likeness (QED) is 0.812. The summed E-state index contributed by atoms with van der Waals surface area (Å²) in [5.74, 6) is 2.17. The van der Waals surface area contributed by atoms with Gasteiger partial charge < -0.3 is 13.8 Å². The molecular weight excluding hydrogens is 282 g/mol. The van der Waals surface area contributed by atoms with Crippen molar-refractivity contribution in [3.8, 4) is 0 Å². The van der Waals surface area contributed by atoms with E-state index in [1.54, 1.807) is 24.5 Å². The molecule has 0 bridgehead atoms. The highest BCUT2D eigenvalue weighted by Crippen LogP contribution is 2.25. The number of aromatic nitrogens is 2. The second-order valence-corrected chi connectivity index (χ2v) is 5.37. The van der Waals surface area contributed by atoms with Crippen molar-refractivity contribution in [2.75, 3.05) is 13.1 Å². The van der Waals surface area contributed by atoms with Gasteiger partial charge in [-0.05, 0) is 31.1 Å². The molecule has 3 rings (SSSR count). The molecule has 0 saturated carbocycles. The number of furan rings is 1. The first-order valence-electron chi connectivity index (χ1n) is 7.59. The lowest BCUT2D eigenvalue weighted by Crippen LogP contribution is -2.38. The third-order valence-electron chi connectivity index (χ3n) is 3.82. The number of carbonyl (C=O) groups excluding carboxylic acids is 1. The Morgan fingerprint density at radius 1 is 1.55 bits per heavy atom. The van der Waals surface area contributed by atoms with E-state index in [1.165, 1.54) is 0 Å². The molecule has 1 saturated heterocycles. The van der Waals surface area contributed by atoms with Crippen LogP contribution in [0.3, 0.4) is 0 Å². The number of carbonyl (C=O) groups is 1. The van der Waals surface area contributed by atoms with Crippen molar-refractivity contribution < 1.29 is 13.7 Å². The maximum absolute atomic E-state index is 12.3. The average molecular weight is 301 g/mol. The normalized spacial score (nSPS) is 19.0. The molecule has 0 spiro atoms. The van der Waals surface area contributed by atoms with E-state index in [9.17, 15) is 4.79 Å². The lowest BCUT2D eigenvalue weighted by atomic mass is 9.97. The third-order valence-corrected chi connectivity index (χ3v) is 3.82. The van der Waals surface area contributed by atoms with Crippen molar-refractivity contribution in [1.82, 2.24) is 15.0 Å². The summed E-state index contributed by atoms with van der Waals surface area (Å²) in [5.41, 5.74) is 0. The molecule has 6 heteroatoms. The van der Waals surface area contributed by atoms with Gasteiger partial charge in [-0.1, -0.05) is 12.1 Å². The molecule has 0 aliphatic carbocycles. The highest BCUT2D eigenvalue weighted by molar-refractivity contribution is 5.91. The van der Waals surface area contributed by atoms with Crippen LogP contribution in [0, 0.1) is 0 Å². The molecule has 2 aromatic rings. The molecule has 3 heterocycles. The monoisotopic (exact) mass is 301 g/mol. The zero-order valence-electron chi connectivity index (χ0n) is 12.6. The van der Waals surface area contributed by atoms with E-state index in [4.69, 9.17) is 8.94 Å². The molecule has 6 nitrogen and oxygen atoms in total. The number of amides is 1. The van der Waals surface area contributed by atoms with Gasteiger partial charge in [0.25, 0.3) is 0 Å². The Hall–Kier alpha value is -2.37. The van der Waals surface area contributed by atoms with Gasteiger partial charge in [0.05, 0.1) is 6.26 Å². The van der Waals surface area contributed by atoms with Gasteiger partial charge in [-0.2, -0.15) is 4.98 Å². The number of rotatable bonds is 4. The first-order chi connectivity index (χ1) is 10.8. The molecule has 116 valence electrons. The largest absolute Gasteiger partial charge is 0.465 e. The van der Waals surface area contributed by atoms with Crippen molar-refractivity contribution in [2.24, 2.45) is 0 Å². The molecule has 1 amide bonds. The summed E-state index contributed by atoms with van der Waals surface area (Å²) in [5, 5.41) is 4.03. The fourth-order valence-electron chi connectivity index (χ4n) is 2.61. The average Bonchev–Trinajstić information content (AvgIpc) is 3.24. The Balaban J connectivity index is 1.63. The van der Waals surface area contributed by atoms with Crippen LogP contribution < -0.4 is 0 Å². The van der Waals surface area contributed by atoms with Crippen LogP contribution in [0.5, 0.6) is 0 Å². The molecular formula is C16H19N3O3. The van der Waals surface area contributed by atoms with Crippen LogP contribution >= 0.6 is 0 Å². The van der Waals surface area contributed by atoms with Gasteiger partial charge in [0.15, 0.2) is 5.82 Å². The summed E-state index contributed by atoms with van der Waals surface area (Å²) in [6.45, 7) is 3.37. The lowest BCUT2D eigenvalue weighted by molar-refractivity contribution is -0.127. The van der Waals surface area contributed by atoms with Gasteiger partial charge >= 0.3 is 0 Å². The van der Waals surface area contributed by atoms with E-state index >= 15 is 0 Å². The number of nitrogens with zero attached hydrogens (tertiary/aromatic N) is 3. The van der Waals surface area contributed by atoms with Crippen LogP contribution in [0.2, 0.25) is 0 Å². The number of piperidine rings is 1. The predicted molar refractivity (Wildman–Crippen MR) is 80.0 cm³/mol. The molecule has 1 aliphatic rings. The van der Waals surface area contributed by atoms with Crippen molar-refractivity contribution in [2.45, 2.75) is 32.1 Å². The SMILES string of the molecule is CCc1nc([C@@H]2CCCN(C(=O)/C=C/c3ccco3)C2)no1. The van der Waals surface area contributed by atoms with Crippen LogP contribution in [-0.4, -0.2) is 34.0 Å². The maximum atomic E-state index is 12.3. The molecule has 0 radical (unpaired) electrons. The Bertz CT molecular complexity index is 645. The molecule has 0 aromatic carbocycles. The standard InChI is InChI=1S/C16H19N3O3/c1-2-14-17-16(18-22-14)12-5-3-9-19(11-12)15(20)8-7-13-6-4-10-21-13/h4,6-8,10,12H,2-3,5,9,11H2,1H3/b8-7+/t12-/m1/s1. The van der Waals surface area contributed by atoms with E-state index in [0.717, 1.165) is 25.8 Å². The van der Waals surface area contributed by atoms with Crippen LogP contribution in [0.25, 0.3) is 6.08 Å². The smallest absolute Gasteiger partial charge is 0.246 e. The zero-order chi connectivity index (χ0) is 15.4. The number of hydrogen-bond donors (Lipinski definition) is 0. The van der Waals surface area contributed by atoms with Crippen LogP contribution in [-0.2, 0) is 11.2 Å². The minimum Gasteiger partial charge on any atom is -0.465 e. The topological polar surface area (TPSA) is 72.4 Å². The predicted octanol–water partition coefficient (Wildman–Crippen LogP) is 2.64. The van der Waals surface area contributed by atoms with Gasteiger partial charge in [0.2, 0.25) is 11.8 Å². The molecule has 1 fully saturated rings. The Kier molecular flexibility index (Phi) is 4.37. The summed E-state index contributed by atoms with van der Waals surface area (Å²) < 4.78 is 10.4. The summed E-state index contributed by atoms with van der Waals surface area (Å²) >= 11 is 0. The first kappa shape index (κ1) is 14.6. The van der Waals surface area contributed by atoms with Crippen molar-refractivity contribution in [3.05, 3.63) is 41.9 Å². The Morgan fingerprint density at radius 2 is 2.45 bits per heavy atom. The van der Waals surface area contributed by atoms with Crippen molar-refractivity contribution in [3.63, 3.8) is 0 Å². The van der Waals surface area contributed by atoms with Gasteiger partial charge in [-0.3, -0.25) is 4.79 Å². The molecule has 22 heavy (non-hydrogen) atoms. The van der Waals surface area contributed by atoms with Crippen molar-refractivity contribution >= 4 is 12.0 Å². The fourth-order valence-corrected chi connectivity index (χ4v) is 2.61. The van der Waals surface area contributed by atoms with Gasteiger partial charge in [0.1, 0.15) is 5.76 Å². The molecule has 1 atom stereocenters. The summed E-state index contributed by atoms with van der Waals surface area (Å²) in [4.78, 5) is 18.5. The van der Waals surface area contributed by atoms with E-state index in [2.05, 4.69) is 10.1 Å². The lowest BCUT2D eigenvalue weighted by Gasteiger charge is -2.30. The minimum absolute atomic E-state index is 0.0136. The highest BCUT2D eigenvalue weighted by atomic mass is 16.5. The summed E-state index contributed by atoms with van der Waals surface area (Å²) in [6.07, 6.45) is 7.48. The van der Waals surface area contributed by atoms with Crippen LogP contribution in [0.4, 0.5) is 0 Å². The molecule has 1 aliphatic heterocycles. The van der Waals surface area contributed by atoms with Gasteiger partial charge in [-0.15, -0.1) is 0 Å². The van der Waals surface area contributed by atoms with E-state index < -0.39 is 0 Å². The van der Waals surface area contributed by atoms with E-state index in [1.807, 2.05) is 17.9 Å². The van der Waals surface area contributed by atoms with Crippen LogP contribution in [0.1, 0.15) is 43.2 Å². The summed E-state index contributed by atoms with van der Waals surface area (Å²) in [7, 11) is 0. The van der Waals surface area contributed by atoms with Crippen LogP contribution in [0.15, 0.2) is 33.4 Å². The van der Waals surface area contributed by atoms with E-state index in [-0.39, 0.29) is 11.8 Å². The van der Waals surface area contributed by atoms with E-state index in [0.29, 0.717) is 24.0 Å².